The van der Waals surface area contributed by atoms with Gasteiger partial charge in [-0.25, -0.2) is 0 Å². The van der Waals surface area contributed by atoms with Gasteiger partial charge in [0.25, 0.3) is 0 Å². The van der Waals surface area contributed by atoms with E-state index in [0.29, 0.717) is 5.92 Å². The Morgan fingerprint density at radius 1 is 0.938 bits per heavy atom. The number of morpholine rings is 1. The second kappa shape index (κ2) is 6.24. The lowest BCUT2D eigenvalue weighted by atomic mass is 9.90. The van der Waals surface area contributed by atoms with Gasteiger partial charge in [0.1, 0.15) is 0 Å². The first-order chi connectivity index (χ1) is 7.88. The average molecular weight is 224 g/mol. The highest BCUT2D eigenvalue weighted by molar-refractivity contribution is 5.81. The first-order valence-corrected chi connectivity index (χ1v) is 6.79. The molecule has 1 saturated heterocycles. The molecule has 92 valence electrons. The molecule has 0 radical (unpaired) electrons. The fourth-order valence-electron chi connectivity index (χ4n) is 2.79. The van der Waals surface area contributed by atoms with Crippen LogP contribution in [0, 0.1) is 11.3 Å². The summed E-state index contributed by atoms with van der Waals surface area (Å²) in [6, 6.07) is 0. The lowest BCUT2D eigenvalue weighted by molar-refractivity contribution is 0.0650. The Bertz CT molecular complexity index is 216. The SMILES string of the molecule is N=C(C1CCCCCCC1)N1CCOCC1. The lowest BCUT2D eigenvalue weighted by Crippen LogP contribution is -2.43. The predicted molar refractivity (Wildman–Crippen MR) is 65.9 cm³/mol. The van der Waals surface area contributed by atoms with Gasteiger partial charge in [-0.15, -0.1) is 0 Å². The number of hydrogen-bond acceptors (Lipinski definition) is 2. The maximum absolute atomic E-state index is 8.32. The molecular weight excluding hydrogens is 200 g/mol. The zero-order valence-corrected chi connectivity index (χ0v) is 10.2. The molecule has 0 bridgehead atoms. The summed E-state index contributed by atoms with van der Waals surface area (Å²) in [5.41, 5.74) is 0. The Kier molecular flexibility index (Phi) is 4.64. The van der Waals surface area contributed by atoms with Crippen molar-refractivity contribution >= 4 is 5.84 Å². The van der Waals surface area contributed by atoms with Gasteiger partial charge in [-0.3, -0.25) is 5.41 Å². The van der Waals surface area contributed by atoms with Crippen LogP contribution in [0.2, 0.25) is 0 Å². The van der Waals surface area contributed by atoms with Gasteiger partial charge < -0.3 is 9.64 Å². The molecule has 1 N–H and O–H groups in total. The quantitative estimate of drug-likeness (QED) is 0.549. The van der Waals surface area contributed by atoms with Crippen LogP contribution in [0.25, 0.3) is 0 Å². The molecular formula is C13H24N2O. The van der Waals surface area contributed by atoms with Crippen molar-refractivity contribution in [3.05, 3.63) is 0 Å². The van der Waals surface area contributed by atoms with E-state index in [1.807, 2.05) is 0 Å². The summed E-state index contributed by atoms with van der Waals surface area (Å²) in [7, 11) is 0. The molecule has 1 saturated carbocycles. The summed E-state index contributed by atoms with van der Waals surface area (Å²) in [5.74, 6) is 1.42. The molecule has 2 rings (SSSR count). The highest BCUT2D eigenvalue weighted by Gasteiger charge is 2.22. The van der Waals surface area contributed by atoms with Crippen molar-refractivity contribution in [2.24, 2.45) is 5.92 Å². The summed E-state index contributed by atoms with van der Waals surface area (Å²) in [4.78, 5) is 2.23. The van der Waals surface area contributed by atoms with Crippen molar-refractivity contribution in [3.63, 3.8) is 0 Å². The van der Waals surface area contributed by atoms with Gasteiger partial charge >= 0.3 is 0 Å². The molecule has 0 atom stereocenters. The van der Waals surface area contributed by atoms with Gasteiger partial charge in [0.15, 0.2) is 0 Å². The molecule has 0 amide bonds. The lowest BCUT2D eigenvalue weighted by Gasteiger charge is -2.33. The summed E-state index contributed by atoms with van der Waals surface area (Å²) in [6.45, 7) is 3.45. The van der Waals surface area contributed by atoms with Crippen molar-refractivity contribution in [3.8, 4) is 0 Å². The van der Waals surface area contributed by atoms with E-state index in [-0.39, 0.29) is 0 Å². The number of amidine groups is 1. The number of hydrogen-bond donors (Lipinski definition) is 1. The van der Waals surface area contributed by atoms with Gasteiger partial charge in [-0.1, -0.05) is 32.1 Å². The average Bonchev–Trinajstić information content (AvgIpc) is 2.29. The Labute approximate surface area is 98.7 Å². The maximum atomic E-state index is 8.32. The van der Waals surface area contributed by atoms with Crippen molar-refractivity contribution in [1.29, 1.82) is 5.41 Å². The van der Waals surface area contributed by atoms with E-state index in [1.165, 1.54) is 44.9 Å². The van der Waals surface area contributed by atoms with Crippen LogP contribution < -0.4 is 0 Å². The summed E-state index contributed by atoms with van der Waals surface area (Å²) < 4.78 is 5.34. The molecule has 0 aromatic heterocycles. The molecule has 0 unspecified atom stereocenters. The number of rotatable bonds is 1. The van der Waals surface area contributed by atoms with E-state index in [4.69, 9.17) is 10.1 Å². The van der Waals surface area contributed by atoms with Gasteiger partial charge in [0, 0.05) is 19.0 Å². The van der Waals surface area contributed by atoms with Crippen LogP contribution in [-0.4, -0.2) is 37.0 Å². The first-order valence-electron chi connectivity index (χ1n) is 6.79. The van der Waals surface area contributed by atoms with Gasteiger partial charge in [-0.05, 0) is 12.8 Å². The third kappa shape index (κ3) is 3.21. The van der Waals surface area contributed by atoms with Crippen LogP contribution >= 0.6 is 0 Å². The Morgan fingerprint density at radius 2 is 1.50 bits per heavy atom. The van der Waals surface area contributed by atoms with Crippen LogP contribution in [-0.2, 0) is 4.74 Å². The first kappa shape index (κ1) is 11.9. The molecule has 16 heavy (non-hydrogen) atoms. The van der Waals surface area contributed by atoms with E-state index in [0.717, 1.165) is 32.1 Å². The van der Waals surface area contributed by atoms with E-state index >= 15 is 0 Å². The highest BCUT2D eigenvalue weighted by atomic mass is 16.5. The van der Waals surface area contributed by atoms with Gasteiger partial charge in [0.2, 0.25) is 0 Å². The number of nitrogens with zero attached hydrogens (tertiary/aromatic N) is 1. The molecule has 1 heterocycles. The fourth-order valence-corrected chi connectivity index (χ4v) is 2.79. The van der Waals surface area contributed by atoms with Crippen LogP contribution in [0.4, 0.5) is 0 Å². The monoisotopic (exact) mass is 224 g/mol. The summed E-state index contributed by atoms with van der Waals surface area (Å²) in [6.07, 6.45) is 9.23. The minimum Gasteiger partial charge on any atom is -0.378 e. The van der Waals surface area contributed by atoms with Crippen LogP contribution in [0.3, 0.4) is 0 Å². The molecule has 0 aromatic carbocycles. The van der Waals surface area contributed by atoms with Crippen LogP contribution in [0.5, 0.6) is 0 Å². The zero-order chi connectivity index (χ0) is 11.2. The van der Waals surface area contributed by atoms with Crippen molar-refractivity contribution in [2.75, 3.05) is 26.3 Å². The third-order valence-electron chi connectivity index (χ3n) is 3.84. The van der Waals surface area contributed by atoms with Crippen molar-refractivity contribution in [1.82, 2.24) is 4.90 Å². The minimum absolute atomic E-state index is 0.526. The standard InChI is InChI=1S/C13H24N2O/c14-13(15-8-10-16-11-9-15)12-6-4-2-1-3-5-7-12/h12,14H,1-11H2. The molecule has 1 aliphatic carbocycles. The number of ether oxygens (including phenoxy) is 1. The third-order valence-corrected chi connectivity index (χ3v) is 3.84. The number of nitrogens with one attached hydrogen (secondary N) is 1. The van der Waals surface area contributed by atoms with Crippen molar-refractivity contribution < 1.29 is 4.74 Å². The topological polar surface area (TPSA) is 36.3 Å². The minimum atomic E-state index is 0.526. The van der Waals surface area contributed by atoms with E-state index < -0.39 is 0 Å². The van der Waals surface area contributed by atoms with E-state index in [9.17, 15) is 0 Å². The second-order valence-electron chi connectivity index (χ2n) is 5.03. The molecule has 3 heteroatoms. The normalized spacial score (nSPS) is 24.9. The van der Waals surface area contributed by atoms with E-state index in [2.05, 4.69) is 4.90 Å². The Hall–Kier alpha value is -0.570. The summed E-state index contributed by atoms with van der Waals surface area (Å²) in [5, 5.41) is 8.32. The molecule has 2 fully saturated rings. The molecule has 0 spiro atoms. The molecule has 0 aromatic rings. The zero-order valence-electron chi connectivity index (χ0n) is 10.2. The van der Waals surface area contributed by atoms with Crippen LogP contribution in [0.15, 0.2) is 0 Å². The predicted octanol–water partition coefficient (Wildman–Crippen LogP) is 2.66. The smallest absolute Gasteiger partial charge is 0.0991 e. The second-order valence-corrected chi connectivity index (χ2v) is 5.03. The van der Waals surface area contributed by atoms with Gasteiger partial charge in [0.05, 0.1) is 19.0 Å². The Morgan fingerprint density at radius 3 is 2.12 bits per heavy atom. The maximum Gasteiger partial charge on any atom is 0.0991 e. The largest absolute Gasteiger partial charge is 0.378 e. The Balaban J connectivity index is 1.85. The summed E-state index contributed by atoms with van der Waals surface area (Å²) >= 11 is 0. The molecule has 2 aliphatic rings. The fraction of sp³-hybridized carbons (Fsp3) is 0.923. The molecule has 1 aliphatic heterocycles. The van der Waals surface area contributed by atoms with Crippen molar-refractivity contribution in [2.45, 2.75) is 44.9 Å². The van der Waals surface area contributed by atoms with Crippen LogP contribution in [0.1, 0.15) is 44.9 Å². The van der Waals surface area contributed by atoms with Gasteiger partial charge in [-0.2, -0.15) is 0 Å². The van der Waals surface area contributed by atoms with E-state index in [1.54, 1.807) is 0 Å². The molecule has 3 nitrogen and oxygen atoms in total. The highest BCUT2D eigenvalue weighted by Crippen LogP contribution is 2.24.